The number of nitrogens with two attached hydrogens (primary N) is 1. The molecule has 0 saturated heterocycles. The van der Waals surface area contributed by atoms with Crippen molar-refractivity contribution in [1.82, 2.24) is 4.98 Å². The number of carbonyl (C=O) groups excluding carboxylic acids is 1. The van der Waals surface area contributed by atoms with Crippen LogP contribution in [0, 0.1) is 0 Å². The van der Waals surface area contributed by atoms with Crippen LogP contribution < -0.4 is 15.2 Å². The number of aromatic hydroxyl groups is 1. The second-order valence-electron chi connectivity index (χ2n) is 9.00. The van der Waals surface area contributed by atoms with Gasteiger partial charge in [-0.2, -0.15) is 0 Å². The van der Waals surface area contributed by atoms with Crippen LogP contribution in [0.3, 0.4) is 0 Å². The summed E-state index contributed by atoms with van der Waals surface area (Å²) in [5.41, 5.74) is 10.3. The molecule has 0 amide bonds. The van der Waals surface area contributed by atoms with E-state index in [0.717, 1.165) is 5.56 Å². The van der Waals surface area contributed by atoms with Crippen molar-refractivity contribution in [2.24, 2.45) is 10.7 Å². The number of H-pyrrole nitrogens is 1. The van der Waals surface area contributed by atoms with Gasteiger partial charge in [-0.25, -0.2) is 4.99 Å². The van der Waals surface area contributed by atoms with Gasteiger partial charge < -0.3 is 25.3 Å². The van der Waals surface area contributed by atoms with Gasteiger partial charge in [0.2, 0.25) is 0 Å². The van der Waals surface area contributed by atoms with E-state index in [-0.39, 0.29) is 11.7 Å². The minimum atomic E-state index is -0.483. The molecule has 0 spiro atoms. The molecule has 0 aliphatic rings. The lowest BCUT2D eigenvalue weighted by Gasteiger charge is -2.19. The molecule has 35 heavy (non-hydrogen) atoms. The number of fused-ring (bicyclic) bond motifs is 1. The maximum absolute atomic E-state index is 12.1. The molecule has 7 nitrogen and oxygen atoms in total. The summed E-state index contributed by atoms with van der Waals surface area (Å²) in [6.45, 7) is 5.39. The van der Waals surface area contributed by atoms with E-state index in [1.165, 1.54) is 6.92 Å². The summed E-state index contributed by atoms with van der Waals surface area (Å²) < 4.78 is 10.9. The van der Waals surface area contributed by atoms with Gasteiger partial charge in [-0.05, 0) is 68.8 Å². The van der Waals surface area contributed by atoms with Gasteiger partial charge in [0.15, 0.2) is 11.7 Å². The smallest absolute Gasteiger partial charge is 0.199 e. The number of aliphatic imine (C=N–C) groups is 1. The van der Waals surface area contributed by atoms with Crippen LogP contribution in [0.4, 0.5) is 5.69 Å². The Kier molecular flexibility index (Phi) is 6.37. The molecule has 0 fully saturated rings. The first-order valence-corrected chi connectivity index (χ1v) is 11.2. The number of hydrogen-bond acceptors (Lipinski definition) is 6. The van der Waals surface area contributed by atoms with E-state index in [1.807, 2.05) is 50.2 Å². The maximum atomic E-state index is 12.1. The molecule has 0 atom stereocenters. The Bertz CT molecular complexity index is 1410. The second-order valence-corrected chi connectivity index (χ2v) is 9.00. The molecule has 0 unspecified atom stereocenters. The largest absolute Gasteiger partial charge is 0.497 e. The molecule has 1 heterocycles. The molecule has 180 valence electrons. The Morgan fingerprint density at radius 2 is 1.57 bits per heavy atom. The number of nitrogens with zero attached hydrogens (tertiary/aromatic N) is 1. The number of rotatable bonds is 7. The molecule has 0 bridgehead atoms. The number of aromatic nitrogens is 1. The van der Waals surface area contributed by atoms with Crippen LogP contribution >= 0.6 is 0 Å². The highest BCUT2D eigenvalue weighted by molar-refractivity contribution is 6.22. The van der Waals surface area contributed by atoms with Crippen molar-refractivity contribution >= 4 is 28.1 Å². The lowest BCUT2D eigenvalue weighted by Crippen LogP contribution is -2.28. The highest BCUT2D eigenvalue weighted by atomic mass is 16.5. The topological polar surface area (TPSA) is 110 Å². The number of benzene rings is 3. The number of ether oxygens (including phenoxy) is 2. The van der Waals surface area contributed by atoms with Gasteiger partial charge in [0.05, 0.1) is 31.2 Å². The van der Waals surface area contributed by atoms with Crippen molar-refractivity contribution in [1.29, 1.82) is 0 Å². The van der Waals surface area contributed by atoms with Crippen LogP contribution in [0.25, 0.3) is 10.9 Å². The van der Waals surface area contributed by atoms with Crippen LogP contribution in [0.2, 0.25) is 0 Å². The van der Waals surface area contributed by atoms with Gasteiger partial charge in [-0.1, -0.05) is 12.1 Å². The fourth-order valence-electron chi connectivity index (χ4n) is 3.94. The fourth-order valence-corrected chi connectivity index (χ4v) is 3.94. The van der Waals surface area contributed by atoms with Gasteiger partial charge in [0.25, 0.3) is 0 Å². The minimum absolute atomic E-state index is 0.0547. The quantitative estimate of drug-likeness (QED) is 0.245. The van der Waals surface area contributed by atoms with Gasteiger partial charge in [0, 0.05) is 33.6 Å². The van der Waals surface area contributed by atoms with E-state index < -0.39 is 5.54 Å². The first-order valence-electron chi connectivity index (χ1n) is 11.2. The highest BCUT2D eigenvalue weighted by Gasteiger charge is 2.21. The standard InChI is InChI=1S/C28H29N3O4/c1-16(32)17-6-11-24-23(14-17)25(27(33)31-24)26(18-12-21(34-4)15-22(13-18)35-5)30-20-9-7-19(8-10-20)28(2,3)29/h6-15,31,33H,29H2,1-5H3. The number of hydrogen-bond donors (Lipinski definition) is 3. The molecular weight excluding hydrogens is 442 g/mol. The summed E-state index contributed by atoms with van der Waals surface area (Å²) in [6, 6.07) is 18.3. The zero-order valence-corrected chi connectivity index (χ0v) is 20.5. The van der Waals surface area contributed by atoms with Crippen LogP contribution in [0.15, 0.2) is 65.7 Å². The van der Waals surface area contributed by atoms with E-state index in [1.54, 1.807) is 38.5 Å². The molecule has 4 N–H and O–H groups in total. The molecule has 4 aromatic rings. The Hall–Kier alpha value is -4.10. The normalized spacial score (nSPS) is 12.1. The lowest BCUT2D eigenvalue weighted by atomic mass is 9.95. The average Bonchev–Trinajstić information content (AvgIpc) is 3.16. The Balaban J connectivity index is 2.00. The van der Waals surface area contributed by atoms with Crippen LogP contribution in [0.1, 0.15) is 47.8 Å². The SMILES string of the molecule is COc1cc(OC)cc(C(=Nc2ccc(C(C)(C)N)cc2)c2c(O)[nH]c3ccc(C(C)=O)cc23)c1. The van der Waals surface area contributed by atoms with E-state index in [2.05, 4.69) is 4.98 Å². The third-order valence-electron chi connectivity index (χ3n) is 5.90. The van der Waals surface area contributed by atoms with Gasteiger partial charge in [-0.15, -0.1) is 0 Å². The summed E-state index contributed by atoms with van der Waals surface area (Å²) >= 11 is 0. The molecule has 0 aliphatic heterocycles. The number of carbonyl (C=O) groups is 1. The van der Waals surface area contributed by atoms with E-state index in [9.17, 15) is 9.90 Å². The molecular formula is C28H29N3O4. The van der Waals surface area contributed by atoms with Crippen molar-refractivity contribution in [3.63, 3.8) is 0 Å². The molecule has 0 radical (unpaired) electrons. The van der Waals surface area contributed by atoms with Crippen molar-refractivity contribution in [3.05, 3.63) is 82.9 Å². The molecule has 3 aromatic carbocycles. The van der Waals surface area contributed by atoms with Crippen molar-refractivity contribution in [2.45, 2.75) is 26.3 Å². The molecule has 0 saturated carbocycles. The molecule has 4 rings (SSSR count). The molecule has 0 aliphatic carbocycles. The summed E-state index contributed by atoms with van der Waals surface area (Å²) in [5.74, 6) is 1.04. The van der Waals surface area contributed by atoms with Crippen LogP contribution in [-0.2, 0) is 5.54 Å². The predicted molar refractivity (Wildman–Crippen MR) is 138 cm³/mol. The summed E-state index contributed by atoms with van der Waals surface area (Å²) in [6.07, 6.45) is 0. The van der Waals surface area contributed by atoms with Crippen molar-refractivity contribution in [2.75, 3.05) is 14.2 Å². The predicted octanol–water partition coefficient (Wildman–Crippen LogP) is 5.46. The van der Waals surface area contributed by atoms with Crippen molar-refractivity contribution in [3.8, 4) is 17.4 Å². The minimum Gasteiger partial charge on any atom is -0.497 e. The number of methoxy groups -OCH3 is 2. The summed E-state index contributed by atoms with van der Waals surface area (Å²) in [7, 11) is 3.15. The number of Topliss-reactive ketones (excluding diaryl/α,β-unsaturated/α-hetero) is 1. The number of aromatic amines is 1. The Morgan fingerprint density at radius 1 is 0.943 bits per heavy atom. The van der Waals surface area contributed by atoms with E-state index in [4.69, 9.17) is 20.2 Å². The van der Waals surface area contributed by atoms with Crippen LogP contribution in [0.5, 0.6) is 17.4 Å². The zero-order chi connectivity index (χ0) is 25.3. The second kappa shape index (κ2) is 9.27. The number of nitrogens with one attached hydrogen (secondary N) is 1. The lowest BCUT2D eigenvalue weighted by molar-refractivity contribution is 0.101. The maximum Gasteiger partial charge on any atom is 0.199 e. The van der Waals surface area contributed by atoms with E-state index in [0.29, 0.717) is 50.5 Å². The monoisotopic (exact) mass is 471 g/mol. The molecule has 1 aromatic heterocycles. The number of ketones is 1. The fraction of sp³-hybridized carbons (Fsp3) is 0.214. The summed E-state index contributed by atoms with van der Waals surface area (Å²) in [4.78, 5) is 20.0. The zero-order valence-electron chi connectivity index (χ0n) is 20.5. The average molecular weight is 472 g/mol. The summed E-state index contributed by atoms with van der Waals surface area (Å²) in [5, 5.41) is 11.7. The highest BCUT2D eigenvalue weighted by Crippen LogP contribution is 2.34. The third-order valence-corrected chi connectivity index (χ3v) is 5.90. The Morgan fingerprint density at radius 3 is 2.11 bits per heavy atom. The van der Waals surface area contributed by atoms with Gasteiger partial charge in [0.1, 0.15) is 11.5 Å². The Labute approximate surface area is 204 Å². The van der Waals surface area contributed by atoms with E-state index >= 15 is 0 Å². The van der Waals surface area contributed by atoms with Crippen LogP contribution in [-0.4, -0.2) is 35.8 Å². The van der Waals surface area contributed by atoms with Gasteiger partial charge in [-0.3, -0.25) is 4.79 Å². The first-order chi connectivity index (χ1) is 16.6. The van der Waals surface area contributed by atoms with Gasteiger partial charge >= 0.3 is 0 Å². The molecule has 7 heteroatoms. The third kappa shape index (κ3) is 4.90. The first kappa shape index (κ1) is 24.0. The van der Waals surface area contributed by atoms with Crippen molar-refractivity contribution < 1.29 is 19.4 Å².